The number of nitrogens with zero attached hydrogens (tertiary/aromatic N) is 5. The molecule has 2 aromatic carbocycles. The summed E-state index contributed by atoms with van der Waals surface area (Å²) in [5.41, 5.74) is 0.573. The van der Waals surface area contributed by atoms with Crippen molar-refractivity contribution in [2.75, 3.05) is 57.4 Å². The molecule has 8 nitrogen and oxygen atoms in total. The Bertz CT molecular complexity index is 1930. The van der Waals surface area contributed by atoms with Crippen molar-refractivity contribution in [1.29, 1.82) is 0 Å². The average molecular weight is 621 g/mol. The summed E-state index contributed by atoms with van der Waals surface area (Å²) in [5.74, 6) is 4.38. The summed E-state index contributed by atoms with van der Waals surface area (Å²) >= 11 is 0. The third-order valence-corrected chi connectivity index (χ3v) is 9.92. The highest BCUT2D eigenvalue weighted by Gasteiger charge is 2.45. The minimum atomic E-state index is -0.685. The number of nitrogens with one attached hydrogen (secondary N) is 1. The predicted octanol–water partition coefficient (Wildman–Crippen LogP) is 4.52. The molecule has 0 unspecified atom stereocenters. The number of pyridine rings is 1. The number of morpholine rings is 1. The molecule has 3 aliphatic heterocycles. The Balaban J connectivity index is 1.26. The fourth-order valence-electron chi connectivity index (χ4n) is 7.35. The maximum atomic E-state index is 17.0. The molecule has 3 saturated heterocycles. The molecule has 2 atom stereocenters. The Morgan fingerprint density at radius 2 is 1.76 bits per heavy atom. The lowest BCUT2D eigenvalue weighted by Crippen LogP contribution is -2.51. The molecule has 10 heteroatoms. The number of piperazine rings is 1. The van der Waals surface area contributed by atoms with Gasteiger partial charge >= 0.3 is 6.01 Å². The van der Waals surface area contributed by atoms with Gasteiger partial charge in [0.15, 0.2) is 5.82 Å². The number of aromatic nitrogens is 3. The number of fused-ring (bicyclic) bond motifs is 4. The van der Waals surface area contributed by atoms with E-state index in [0.29, 0.717) is 59.3 Å². The van der Waals surface area contributed by atoms with Gasteiger partial charge in [0.1, 0.15) is 28.5 Å². The molecule has 1 N–H and O–H groups in total. The average Bonchev–Trinajstić information content (AvgIpc) is 3.77. The van der Waals surface area contributed by atoms with Crippen molar-refractivity contribution in [3.63, 3.8) is 0 Å². The summed E-state index contributed by atoms with van der Waals surface area (Å²) in [6.07, 6.45) is 16.0. The van der Waals surface area contributed by atoms with E-state index in [4.69, 9.17) is 27.3 Å². The van der Waals surface area contributed by atoms with Crippen molar-refractivity contribution in [3.05, 3.63) is 53.2 Å². The molecule has 8 rings (SSSR count). The van der Waals surface area contributed by atoms with Gasteiger partial charge in [-0.05, 0) is 43.1 Å². The summed E-state index contributed by atoms with van der Waals surface area (Å²) in [5, 5.41) is 5.06. The fraction of sp³-hybridized carbons (Fsp3) is 0.417. The summed E-state index contributed by atoms with van der Waals surface area (Å²) in [6, 6.07) is 8.88. The third kappa shape index (κ3) is 5.11. The van der Waals surface area contributed by atoms with Gasteiger partial charge in [0.05, 0.1) is 30.8 Å². The van der Waals surface area contributed by atoms with E-state index < -0.39 is 11.6 Å². The molecule has 4 aromatic rings. The van der Waals surface area contributed by atoms with Gasteiger partial charge in [-0.15, -0.1) is 12.8 Å². The fourth-order valence-corrected chi connectivity index (χ4v) is 7.35. The molecule has 4 aliphatic rings. The van der Waals surface area contributed by atoms with Crippen molar-refractivity contribution in [2.45, 2.75) is 37.8 Å². The van der Waals surface area contributed by atoms with Gasteiger partial charge in [-0.25, -0.2) is 13.8 Å². The van der Waals surface area contributed by atoms with E-state index in [1.54, 1.807) is 24.3 Å². The second-order valence-corrected chi connectivity index (χ2v) is 13.0. The Morgan fingerprint density at radius 3 is 2.48 bits per heavy atom. The monoisotopic (exact) mass is 620 g/mol. The summed E-state index contributed by atoms with van der Waals surface area (Å²) in [7, 11) is 0. The van der Waals surface area contributed by atoms with Crippen LogP contribution in [0.15, 0.2) is 30.3 Å². The molecule has 0 amide bonds. The van der Waals surface area contributed by atoms with E-state index in [-0.39, 0.29) is 33.9 Å². The number of terminal acetylenes is 2. The minimum absolute atomic E-state index is 0.00848. The highest BCUT2D eigenvalue weighted by atomic mass is 19.1. The molecule has 2 bridgehead atoms. The number of hydrogen-bond acceptors (Lipinski definition) is 8. The van der Waals surface area contributed by atoms with Crippen LogP contribution in [0.1, 0.15) is 36.9 Å². The first-order valence-corrected chi connectivity index (χ1v) is 16.0. The second-order valence-electron chi connectivity index (χ2n) is 13.0. The van der Waals surface area contributed by atoms with Crippen LogP contribution in [0.3, 0.4) is 0 Å². The molecule has 0 radical (unpaired) electrons. The number of halogens is 2. The van der Waals surface area contributed by atoms with Crippen LogP contribution < -0.4 is 15.0 Å². The molecule has 4 fully saturated rings. The Hall–Kier alpha value is -4.35. The SMILES string of the molecule is C#Cc1c(F)ccc2cccc(-c3nc(C#C)c4c(N5C[C@H]6CC[C@@H](C5)N6)nc(OCC5(CN6CCOCC6)CC5)nc4c3F)c12. The van der Waals surface area contributed by atoms with Crippen LogP contribution in [-0.4, -0.2) is 84.5 Å². The topological polar surface area (TPSA) is 75.6 Å². The Morgan fingerprint density at radius 1 is 0.978 bits per heavy atom. The molecule has 46 heavy (non-hydrogen) atoms. The lowest BCUT2D eigenvalue weighted by atomic mass is 9.96. The zero-order valence-corrected chi connectivity index (χ0v) is 25.5. The number of hydrogen-bond donors (Lipinski definition) is 1. The molecular weight excluding hydrogens is 586 g/mol. The molecule has 2 aromatic heterocycles. The van der Waals surface area contributed by atoms with Crippen LogP contribution >= 0.6 is 0 Å². The molecule has 234 valence electrons. The van der Waals surface area contributed by atoms with Gasteiger partial charge in [-0.1, -0.05) is 30.2 Å². The first-order valence-electron chi connectivity index (χ1n) is 16.0. The van der Waals surface area contributed by atoms with Crippen molar-refractivity contribution in [3.8, 4) is 42.0 Å². The van der Waals surface area contributed by atoms with E-state index in [2.05, 4.69) is 36.9 Å². The van der Waals surface area contributed by atoms with E-state index in [9.17, 15) is 4.39 Å². The number of anilines is 1. The van der Waals surface area contributed by atoms with Gasteiger partial charge in [-0.2, -0.15) is 9.97 Å². The largest absolute Gasteiger partial charge is 0.463 e. The highest BCUT2D eigenvalue weighted by Crippen LogP contribution is 2.47. The van der Waals surface area contributed by atoms with Crippen molar-refractivity contribution >= 4 is 27.5 Å². The van der Waals surface area contributed by atoms with Gasteiger partial charge in [-0.3, -0.25) is 4.90 Å². The zero-order chi connectivity index (χ0) is 31.4. The predicted molar refractivity (Wildman–Crippen MR) is 173 cm³/mol. The lowest BCUT2D eigenvalue weighted by Gasteiger charge is -2.34. The molecule has 1 saturated carbocycles. The Kier molecular flexibility index (Phi) is 7.25. The molecule has 1 aliphatic carbocycles. The lowest BCUT2D eigenvalue weighted by molar-refractivity contribution is 0.0231. The van der Waals surface area contributed by atoms with Crippen LogP contribution in [0.4, 0.5) is 14.6 Å². The maximum absolute atomic E-state index is 17.0. The summed E-state index contributed by atoms with van der Waals surface area (Å²) in [6.45, 7) is 6.02. The van der Waals surface area contributed by atoms with Crippen LogP contribution in [0.5, 0.6) is 6.01 Å². The normalized spacial score (nSPS) is 22.1. The van der Waals surface area contributed by atoms with Crippen molar-refractivity contribution in [2.24, 2.45) is 5.41 Å². The number of ether oxygens (including phenoxy) is 2. The van der Waals surface area contributed by atoms with Crippen LogP contribution in [0.25, 0.3) is 32.9 Å². The minimum Gasteiger partial charge on any atom is -0.463 e. The zero-order valence-electron chi connectivity index (χ0n) is 25.5. The quantitative estimate of drug-likeness (QED) is 0.303. The summed E-state index contributed by atoms with van der Waals surface area (Å²) < 4.78 is 43.7. The molecular formula is C36H34F2N6O2. The Labute approximate surface area is 266 Å². The molecule has 5 heterocycles. The highest BCUT2D eigenvalue weighted by molar-refractivity contribution is 6.03. The standard InChI is InChI=1S/C36H34F2N6O2/c1-3-25-27(37)11-8-22-6-5-7-26(29(22)25)32-31(38)33-30(28(4-2)40-32)34(44-18-23-9-10-24(19-44)39-23)42-35(41-33)46-21-36(12-13-36)20-43-14-16-45-17-15-43/h1-2,5-8,11,23-24,39H,9-10,12-21H2/t23-,24+. The van der Waals surface area contributed by atoms with Gasteiger partial charge in [0.2, 0.25) is 0 Å². The van der Waals surface area contributed by atoms with E-state index in [1.807, 2.05) is 0 Å². The number of rotatable bonds is 7. The van der Waals surface area contributed by atoms with E-state index >= 15 is 4.39 Å². The first kappa shape index (κ1) is 29.1. The van der Waals surface area contributed by atoms with Crippen LogP contribution in [0.2, 0.25) is 0 Å². The van der Waals surface area contributed by atoms with Gasteiger partial charge < -0.3 is 19.7 Å². The van der Waals surface area contributed by atoms with Crippen LogP contribution in [-0.2, 0) is 4.74 Å². The first-order chi connectivity index (χ1) is 22.4. The van der Waals surface area contributed by atoms with E-state index in [0.717, 1.165) is 58.5 Å². The molecule has 0 spiro atoms. The van der Waals surface area contributed by atoms with Gasteiger partial charge in [0.25, 0.3) is 0 Å². The van der Waals surface area contributed by atoms with Crippen LogP contribution in [0, 0.1) is 41.7 Å². The van der Waals surface area contributed by atoms with Crippen molar-refractivity contribution < 1.29 is 18.3 Å². The summed E-state index contributed by atoms with van der Waals surface area (Å²) in [4.78, 5) is 18.8. The number of benzene rings is 2. The smallest absolute Gasteiger partial charge is 0.319 e. The maximum Gasteiger partial charge on any atom is 0.319 e. The van der Waals surface area contributed by atoms with E-state index in [1.165, 1.54) is 6.07 Å². The van der Waals surface area contributed by atoms with Crippen molar-refractivity contribution in [1.82, 2.24) is 25.2 Å². The third-order valence-electron chi connectivity index (χ3n) is 9.92. The second kappa shape index (κ2) is 11.5. The van der Waals surface area contributed by atoms with Gasteiger partial charge in [0, 0.05) is 61.2 Å².